The van der Waals surface area contributed by atoms with Crippen LogP contribution in [0.4, 0.5) is 5.69 Å². The first kappa shape index (κ1) is 21.9. The normalized spacial score (nSPS) is 14.4. The van der Waals surface area contributed by atoms with Crippen molar-refractivity contribution in [3.05, 3.63) is 48.0 Å². The summed E-state index contributed by atoms with van der Waals surface area (Å²) in [7, 11) is 3.36. The fraction of sp³-hybridized carbons (Fsp3) is 0.350. The fourth-order valence-corrected chi connectivity index (χ4v) is 3.23. The summed E-state index contributed by atoms with van der Waals surface area (Å²) in [4.78, 5) is 8.71. The molecule has 0 aromatic heterocycles. The Hall–Kier alpha value is -2.36. The van der Waals surface area contributed by atoms with Gasteiger partial charge in [0.05, 0.1) is 12.8 Å². The molecule has 1 fully saturated rings. The molecule has 0 aliphatic carbocycles. The maximum atomic E-state index is 10.0. The number of anilines is 1. The zero-order valence-corrected chi connectivity index (χ0v) is 18.5. The molecule has 1 saturated heterocycles. The molecule has 152 valence electrons. The maximum Gasteiger partial charge on any atom is 0.194 e. The van der Waals surface area contributed by atoms with Crippen LogP contribution in [0.1, 0.15) is 5.56 Å². The summed E-state index contributed by atoms with van der Waals surface area (Å²) in [6, 6.07) is 12.6. The van der Waals surface area contributed by atoms with E-state index in [2.05, 4.69) is 20.1 Å². The van der Waals surface area contributed by atoms with E-state index in [0.717, 1.165) is 43.4 Å². The van der Waals surface area contributed by atoms with Crippen molar-refractivity contribution in [2.45, 2.75) is 6.54 Å². The van der Waals surface area contributed by atoms with E-state index in [4.69, 9.17) is 4.74 Å². The van der Waals surface area contributed by atoms with Gasteiger partial charge in [-0.2, -0.15) is 0 Å². The smallest absolute Gasteiger partial charge is 0.194 e. The number of guanidine groups is 1. The Bertz CT molecular complexity index is 808. The molecule has 0 amide bonds. The maximum absolute atomic E-state index is 10.0. The van der Waals surface area contributed by atoms with Crippen LogP contribution in [0.2, 0.25) is 0 Å². The average molecular weight is 498 g/mol. The van der Waals surface area contributed by atoms with Crippen molar-refractivity contribution in [1.29, 1.82) is 0 Å². The first-order chi connectivity index (χ1) is 13.1. The summed E-state index contributed by atoms with van der Waals surface area (Å²) < 4.78 is 5.22. The molecular weight excluding hydrogens is 471 g/mol. The van der Waals surface area contributed by atoms with Gasteiger partial charge >= 0.3 is 0 Å². The summed E-state index contributed by atoms with van der Waals surface area (Å²) in [6.45, 7) is 3.62. The molecular formula is C20H27IN4O3. The van der Waals surface area contributed by atoms with Gasteiger partial charge in [-0.05, 0) is 30.3 Å². The second-order valence-corrected chi connectivity index (χ2v) is 6.36. The molecule has 7 nitrogen and oxygen atoms in total. The monoisotopic (exact) mass is 498 g/mol. The summed E-state index contributed by atoms with van der Waals surface area (Å²) in [5.74, 6) is 2.02. The van der Waals surface area contributed by atoms with Gasteiger partial charge in [-0.1, -0.05) is 12.1 Å². The number of aliphatic imine (C=N–C) groups is 1. The Labute approximate surface area is 182 Å². The first-order valence-corrected chi connectivity index (χ1v) is 8.97. The minimum atomic E-state index is 0. The number of rotatable bonds is 4. The Morgan fingerprint density at radius 1 is 1.07 bits per heavy atom. The zero-order chi connectivity index (χ0) is 19.2. The number of ether oxygens (including phenoxy) is 1. The van der Waals surface area contributed by atoms with Gasteiger partial charge in [0, 0.05) is 45.3 Å². The molecule has 1 aliphatic heterocycles. The SMILES string of the molecule is CN=C(NCc1cc(OC)ccc1O)N1CCN(c2ccccc2O)CC1.I. The molecule has 0 radical (unpaired) electrons. The molecule has 0 bridgehead atoms. The Kier molecular flexibility index (Phi) is 8.04. The average Bonchev–Trinajstić information content (AvgIpc) is 2.70. The van der Waals surface area contributed by atoms with Gasteiger partial charge in [-0.3, -0.25) is 4.99 Å². The van der Waals surface area contributed by atoms with E-state index in [1.54, 1.807) is 32.4 Å². The second kappa shape index (κ2) is 10.3. The number of nitrogens with zero attached hydrogens (tertiary/aromatic N) is 3. The van der Waals surface area contributed by atoms with E-state index < -0.39 is 0 Å². The minimum absolute atomic E-state index is 0. The Balaban J connectivity index is 0.00000280. The van der Waals surface area contributed by atoms with Crippen LogP contribution < -0.4 is 15.0 Å². The van der Waals surface area contributed by atoms with Crippen molar-refractivity contribution in [2.24, 2.45) is 4.99 Å². The van der Waals surface area contributed by atoms with Crippen LogP contribution in [-0.4, -0.2) is 61.4 Å². The lowest BCUT2D eigenvalue weighted by molar-refractivity contribution is 0.369. The van der Waals surface area contributed by atoms with Crippen LogP contribution in [0.25, 0.3) is 0 Å². The van der Waals surface area contributed by atoms with E-state index in [-0.39, 0.29) is 29.7 Å². The summed E-state index contributed by atoms with van der Waals surface area (Å²) in [5.41, 5.74) is 1.62. The molecule has 2 aromatic carbocycles. The van der Waals surface area contributed by atoms with E-state index in [1.165, 1.54) is 0 Å². The van der Waals surface area contributed by atoms with Gasteiger partial charge in [0.25, 0.3) is 0 Å². The van der Waals surface area contributed by atoms with E-state index >= 15 is 0 Å². The molecule has 1 aliphatic rings. The Morgan fingerprint density at radius 3 is 2.43 bits per heavy atom. The number of methoxy groups -OCH3 is 1. The summed E-state index contributed by atoms with van der Waals surface area (Å²) >= 11 is 0. The second-order valence-electron chi connectivity index (χ2n) is 6.36. The van der Waals surface area contributed by atoms with Crippen LogP contribution in [0.5, 0.6) is 17.2 Å². The van der Waals surface area contributed by atoms with E-state index in [9.17, 15) is 10.2 Å². The van der Waals surface area contributed by atoms with Crippen molar-refractivity contribution < 1.29 is 14.9 Å². The number of hydrogen-bond donors (Lipinski definition) is 3. The highest BCUT2D eigenvalue weighted by molar-refractivity contribution is 14.0. The van der Waals surface area contributed by atoms with E-state index in [0.29, 0.717) is 18.0 Å². The standard InChI is InChI=1S/C20H26N4O3.HI/c1-21-20(22-14-15-13-16(27-2)7-8-18(15)25)24-11-9-23(10-12-24)17-5-3-4-6-19(17)26;/h3-8,13,25-26H,9-12,14H2,1-2H3,(H,21,22);1H. The molecule has 3 N–H and O–H groups in total. The van der Waals surface area contributed by atoms with Gasteiger partial charge in [0.1, 0.15) is 17.2 Å². The number of nitrogens with one attached hydrogen (secondary N) is 1. The summed E-state index contributed by atoms with van der Waals surface area (Å²) in [6.07, 6.45) is 0. The zero-order valence-electron chi connectivity index (χ0n) is 16.1. The third kappa shape index (κ3) is 5.12. The van der Waals surface area contributed by atoms with Gasteiger partial charge in [-0.15, -0.1) is 24.0 Å². The molecule has 1 heterocycles. The number of para-hydroxylation sites is 2. The number of aromatic hydroxyl groups is 2. The topological polar surface area (TPSA) is 80.6 Å². The first-order valence-electron chi connectivity index (χ1n) is 8.97. The van der Waals surface area contributed by atoms with Crippen LogP contribution >= 0.6 is 24.0 Å². The van der Waals surface area contributed by atoms with Crippen LogP contribution in [0, 0.1) is 0 Å². The predicted molar refractivity (Wildman–Crippen MR) is 122 cm³/mol. The highest BCUT2D eigenvalue weighted by atomic mass is 127. The molecule has 0 saturated carbocycles. The molecule has 0 atom stereocenters. The largest absolute Gasteiger partial charge is 0.508 e. The van der Waals surface area contributed by atoms with Gasteiger partial charge in [0.15, 0.2) is 5.96 Å². The third-order valence-corrected chi connectivity index (χ3v) is 4.74. The van der Waals surface area contributed by atoms with E-state index in [1.807, 2.05) is 24.3 Å². The number of piperazine rings is 1. The van der Waals surface area contributed by atoms with Crippen molar-refractivity contribution >= 4 is 35.6 Å². The molecule has 3 rings (SSSR count). The number of benzene rings is 2. The fourth-order valence-electron chi connectivity index (χ4n) is 3.23. The lowest BCUT2D eigenvalue weighted by Crippen LogP contribution is -2.52. The number of halogens is 1. The highest BCUT2D eigenvalue weighted by Gasteiger charge is 2.21. The minimum Gasteiger partial charge on any atom is -0.508 e. The molecule has 28 heavy (non-hydrogen) atoms. The van der Waals surface area contributed by atoms with Crippen molar-refractivity contribution in [1.82, 2.24) is 10.2 Å². The lowest BCUT2D eigenvalue weighted by Gasteiger charge is -2.37. The van der Waals surface area contributed by atoms with Crippen molar-refractivity contribution in [3.63, 3.8) is 0 Å². The molecule has 8 heteroatoms. The van der Waals surface area contributed by atoms with Crippen LogP contribution in [0.15, 0.2) is 47.5 Å². The molecule has 0 spiro atoms. The number of hydrogen-bond acceptors (Lipinski definition) is 5. The van der Waals surface area contributed by atoms with Crippen molar-refractivity contribution in [3.8, 4) is 17.2 Å². The summed E-state index contributed by atoms with van der Waals surface area (Å²) in [5, 5.41) is 23.4. The van der Waals surface area contributed by atoms with Gasteiger partial charge in [0.2, 0.25) is 0 Å². The van der Waals surface area contributed by atoms with Crippen LogP contribution in [-0.2, 0) is 6.54 Å². The van der Waals surface area contributed by atoms with Gasteiger partial charge in [-0.25, -0.2) is 0 Å². The highest BCUT2D eigenvalue weighted by Crippen LogP contribution is 2.27. The number of phenolic OH excluding ortho intramolecular Hbond substituents is 2. The van der Waals surface area contributed by atoms with Gasteiger partial charge < -0.3 is 30.1 Å². The number of phenols is 2. The quantitative estimate of drug-likeness (QED) is 0.342. The Morgan fingerprint density at radius 2 is 1.79 bits per heavy atom. The predicted octanol–water partition coefficient (Wildman–Crippen LogP) is 2.62. The van der Waals surface area contributed by atoms with Crippen LogP contribution in [0.3, 0.4) is 0 Å². The lowest BCUT2D eigenvalue weighted by atomic mass is 10.2. The van der Waals surface area contributed by atoms with Crippen molar-refractivity contribution in [2.75, 3.05) is 45.2 Å². The molecule has 0 unspecified atom stereocenters. The third-order valence-electron chi connectivity index (χ3n) is 4.74. The molecule has 2 aromatic rings.